The summed E-state index contributed by atoms with van der Waals surface area (Å²) < 4.78 is 0. The third kappa shape index (κ3) is 5.72. The molecule has 0 aliphatic heterocycles. The maximum Gasteiger partial charge on any atom is 0.225 e. The lowest BCUT2D eigenvalue weighted by Gasteiger charge is -2.18. The molecule has 5 nitrogen and oxygen atoms in total. The Bertz CT molecular complexity index is 433. The van der Waals surface area contributed by atoms with Gasteiger partial charge >= 0.3 is 0 Å². The quantitative estimate of drug-likeness (QED) is 0.676. The Kier molecular flexibility index (Phi) is 5.79. The highest BCUT2D eigenvalue weighted by molar-refractivity contribution is 5.92. The van der Waals surface area contributed by atoms with E-state index in [9.17, 15) is 9.90 Å². The van der Waals surface area contributed by atoms with E-state index >= 15 is 0 Å². The monoisotopic (exact) mass is 265 g/mol. The number of aliphatic hydroxyl groups excluding tert-OH is 1. The summed E-state index contributed by atoms with van der Waals surface area (Å²) in [7, 11) is 1.88. The first-order chi connectivity index (χ1) is 8.88. The summed E-state index contributed by atoms with van der Waals surface area (Å²) in [5.74, 6) is -0.0499. The van der Waals surface area contributed by atoms with Gasteiger partial charge in [0.1, 0.15) is 0 Å². The van der Waals surface area contributed by atoms with Gasteiger partial charge in [0, 0.05) is 30.9 Å². The first-order valence-electron chi connectivity index (χ1n) is 6.41. The van der Waals surface area contributed by atoms with Crippen LogP contribution in [0.15, 0.2) is 18.2 Å². The van der Waals surface area contributed by atoms with Gasteiger partial charge in [-0.15, -0.1) is 0 Å². The van der Waals surface area contributed by atoms with Crippen LogP contribution in [0.1, 0.15) is 18.9 Å². The molecule has 0 saturated heterocycles. The van der Waals surface area contributed by atoms with Gasteiger partial charge in [-0.2, -0.15) is 0 Å². The maximum absolute atomic E-state index is 11.8. The summed E-state index contributed by atoms with van der Waals surface area (Å²) in [4.78, 5) is 13.8. The Labute approximate surface area is 114 Å². The zero-order valence-corrected chi connectivity index (χ0v) is 11.8. The smallest absolute Gasteiger partial charge is 0.225 e. The Morgan fingerprint density at radius 2 is 2.21 bits per heavy atom. The fourth-order valence-corrected chi connectivity index (χ4v) is 1.82. The summed E-state index contributed by atoms with van der Waals surface area (Å²) in [6.45, 7) is 4.82. The zero-order chi connectivity index (χ0) is 14.4. The van der Waals surface area contributed by atoms with Crippen LogP contribution in [-0.2, 0) is 4.79 Å². The van der Waals surface area contributed by atoms with E-state index in [0.717, 1.165) is 11.3 Å². The van der Waals surface area contributed by atoms with E-state index in [1.165, 1.54) is 0 Å². The number of nitrogen functional groups attached to an aromatic ring is 1. The van der Waals surface area contributed by atoms with Crippen molar-refractivity contribution in [3.8, 4) is 0 Å². The number of carbonyl (C=O) groups is 1. The number of benzene rings is 1. The molecule has 1 aromatic rings. The summed E-state index contributed by atoms with van der Waals surface area (Å²) in [6.07, 6.45) is 0.00139. The Balaban J connectivity index is 2.45. The molecule has 0 aliphatic carbocycles. The fourth-order valence-electron chi connectivity index (χ4n) is 1.82. The standard InChI is InChI=1S/C14H23N3O2/c1-10-4-5-12(15)8-13(10)16-14(19)6-7-17(3)9-11(2)18/h4-5,8,11,18H,6-7,9,15H2,1-3H3,(H,16,19). The summed E-state index contributed by atoms with van der Waals surface area (Å²) >= 11 is 0. The molecule has 0 aromatic heterocycles. The second kappa shape index (κ2) is 7.11. The predicted octanol–water partition coefficient (Wildman–Crippen LogP) is 1.22. The van der Waals surface area contributed by atoms with Crippen molar-refractivity contribution in [2.75, 3.05) is 31.2 Å². The minimum Gasteiger partial charge on any atom is -0.399 e. The largest absolute Gasteiger partial charge is 0.399 e. The molecule has 1 unspecified atom stereocenters. The molecule has 0 heterocycles. The van der Waals surface area contributed by atoms with Crippen molar-refractivity contribution in [2.45, 2.75) is 26.4 Å². The van der Waals surface area contributed by atoms with Crippen LogP contribution in [-0.4, -0.2) is 42.2 Å². The molecule has 0 fully saturated rings. The van der Waals surface area contributed by atoms with Crippen molar-refractivity contribution in [3.63, 3.8) is 0 Å². The van der Waals surface area contributed by atoms with Crippen LogP contribution >= 0.6 is 0 Å². The predicted molar refractivity (Wildman–Crippen MR) is 78.0 cm³/mol. The number of carbonyl (C=O) groups excluding carboxylic acids is 1. The second-order valence-electron chi connectivity index (χ2n) is 4.98. The molecule has 106 valence electrons. The zero-order valence-electron chi connectivity index (χ0n) is 11.8. The number of likely N-dealkylation sites (N-methyl/N-ethyl adjacent to an activating group) is 1. The molecule has 1 rings (SSSR count). The second-order valence-corrected chi connectivity index (χ2v) is 4.98. The van der Waals surface area contributed by atoms with Crippen LogP contribution in [0.3, 0.4) is 0 Å². The normalized spacial score (nSPS) is 12.5. The highest BCUT2D eigenvalue weighted by atomic mass is 16.3. The average molecular weight is 265 g/mol. The lowest BCUT2D eigenvalue weighted by molar-refractivity contribution is -0.116. The Morgan fingerprint density at radius 1 is 1.53 bits per heavy atom. The summed E-state index contributed by atoms with van der Waals surface area (Å²) in [5.41, 5.74) is 8.06. The molecule has 5 heteroatoms. The fraction of sp³-hybridized carbons (Fsp3) is 0.500. The van der Waals surface area contributed by atoms with Gasteiger partial charge in [-0.25, -0.2) is 0 Å². The van der Waals surface area contributed by atoms with Crippen LogP contribution < -0.4 is 11.1 Å². The van der Waals surface area contributed by atoms with Crippen LogP contribution in [0.5, 0.6) is 0 Å². The Hall–Kier alpha value is -1.59. The number of nitrogens with zero attached hydrogens (tertiary/aromatic N) is 1. The summed E-state index contributed by atoms with van der Waals surface area (Å²) in [5, 5.41) is 12.1. The number of anilines is 2. The van der Waals surface area contributed by atoms with E-state index in [4.69, 9.17) is 5.73 Å². The number of aliphatic hydroxyl groups is 1. The average Bonchev–Trinajstić information content (AvgIpc) is 2.30. The van der Waals surface area contributed by atoms with Crippen molar-refractivity contribution in [1.82, 2.24) is 4.90 Å². The molecular formula is C14H23N3O2. The molecule has 0 saturated carbocycles. The SMILES string of the molecule is Cc1ccc(N)cc1NC(=O)CCN(C)CC(C)O. The van der Waals surface area contributed by atoms with Gasteiger partial charge in [-0.1, -0.05) is 6.07 Å². The van der Waals surface area contributed by atoms with E-state index < -0.39 is 0 Å². The number of rotatable bonds is 6. The first kappa shape index (κ1) is 15.5. The highest BCUT2D eigenvalue weighted by Crippen LogP contribution is 2.18. The lowest BCUT2D eigenvalue weighted by Crippen LogP contribution is -2.30. The third-order valence-electron chi connectivity index (χ3n) is 2.83. The van der Waals surface area contributed by atoms with Crippen molar-refractivity contribution in [3.05, 3.63) is 23.8 Å². The van der Waals surface area contributed by atoms with E-state index in [0.29, 0.717) is 25.2 Å². The minimum absolute atomic E-state index is 0.0499. The van der Waals surface area contributed by atoms with E-state index in [1.807, 2.05) is 24.9 Å². The number of nitrogens with one attached hydrogen (secondary N) is 1. The van der Waals surface area contributed by atoms with Gasteiger partial charge in [0.05, 0.1) is 6.10 Å². The highest BCUT2D eigenvalue weighted by Gasteiger charge is 2.08. The molecule has 4 N–H and O–H groups in total. The molecule has 0 spiro atoms. The minimum atomic E-state index is -0.385. The maximum atomic E-state index is 11.8. The molecule has 0 bridgehead atoms. The van der Waals surface area contributed by atoms with Crippen molar-refractivity contribution >= 4 is 17.3 Å². The van der Waals surface area contributed by atoms with Crippen molar-refractivity contribution in [1.29, 1.82) is 0 Å². The third-order valence-corrected chi connectivity index (χ3v) is 2.83. The van der Waals surface area contributed by atoms with E-state index in [-0.39, 0.29) is 12.0 Å². The number of hydrogen-bond donors (Lipinski definition) is 3. The van der Waals surface area contributed by atoms with Gasteiger partial charge in [0.2, 0.25) is 5.91 Å². The molecule has 1 atom stereocenters. The van der Waals surface area contributed by atoms with Crippen LogP contribution in [0.25, 0.3) is 0 Å². The van der Waals surface area contributed by atoms with Gasteiger partial charge in [0.15, 0.2) is 0 Å². The Morgan fingerprint density at radius 3 is 2.84 bits per heavy atom. The number of aryl methyl sites for hydroxylation is 1. The first-order valence-corrected chi connectivity index (χ1v) is 6.41. The van der Waals surface area contributed by atoms with E-state index in [2.05, 4.69) is 5.32 Å². The number of hydrogen-bond acceptors (Lipinski definition) is 4. The van der Waals surface area contributed by atoms with Crippen LogP contribution in [0.2, 0.25) is 0 Å². The van der Waals surface area contributed by atoms with Gasteiger partial charge < -0.3 is 21.1 Å². The molecule has 0 radical (unpaired) electrons. The lowest BCUT2D eigenvalue weighted by atomic mass is 10.2. The number of amides is 1. The molecule has 0 aliphatic rings. The van der Waals surface area contributed by atoms with Crippen LogP contribution in [0.4, 0.5) is 11.4 Å². The molecule has 1 aromatic carbocycles. The molecule has 19 heavy (non-hydrogen) atoms. The van der Waals surface area contributed by atoms with Gasteiger partial charge in [-0.05, 0) is 38.6 Å². The molecule has 1 amide bonds. The van der Waals surface area contributed by atoms with Crippen molar-refractivity contribution < 1.29 is 9.90 Å². The van der Waals surface area contributed by atoms with Gasteiger partial charge in [-0.3, -0.25) is 4.79 Å². The van der Waals surface area contributed by atoms with Gasteiger partial charge in [0.25, 0.3) is 0 Å². The molecular weight excluding hydrogens is 242 g/mol. The van der Waals surface area contributed by atoms with Crippen LogP contribution in [0, 0.1) is 6.92 Å². The van der Waals surface area contributed by atoms with E-state index in [1.54, 1.807) is 19.1 Å². The topological polar surface area (TPSA) is 78.6 Å². The number of nitrogens with two attached hydrogens (primary N) is 1. The van der Waals surface area contributed by atoms with Crippen molar-refractivity contribution in [2.24, 2.45) is 0 Å². The summed E-state index contributed by atoms with van der Waals surface area (Å²) in [6, 6.07) is 5.44.